The summed E-state index contributed by atoms with van der Waals surface area (Å²) in [7, 11) is 1.38. The third-order valence-corrected chi connectivity index (χ3v) is 4.23. The maximum atomic E-state index is 11.4. The Balaban J connectivity index is 1.55. The average molecular weight is 263 g/mol. The Hall–Kier alpha value is -1.36. The summed E-state index contributed by atoms with van der Waals surface area (Å²) in [6, 6.07) is 1.84. The largest absolute Gasteiger partial charge is 0.464 e. The lowest BCUT2D eigenvalue weighted by molar-refractivity contribution is 0.0594. The van der Waals surface area contributed by atoms with Crippen LogP contribution < -0.4 is 0 Å². The second-order valence-electron chi connectivity index (χ2n) is 5.72. The Labute approximate surface area is 113 Å². The number of nitrogens with zero attached hydrogens (tertiary/aromatic N) is 2. The van der Waals surface area contributed by atoms with Gasteiger partial charge < -0.3 is 9.64 Å². The van der Waals surface area contributed by atoms with Gasteiger partial charge in [-0.2, -0.15) is 5.10 Å². The van der Waals surface area contributed by atoms with Crippen molar-refractivity contribution in [2.24, 2.45) is 5.92 Å². The van der Waals surface area contributed by atoms with Crippen molar-refractivity contribution in [1.82, 2.24) is 15.1 Å². The van der Waals surface area contributed by atoms with Crippen LogP contribution in [0.5, 0.6) is 0 Å². The molecule has 1 aliphatic heterocycles. The van der Waals surface area contributed by atoms with E-state index in [2.05, 4.69) is 19.8 Å². The zero-order valence-corrected chi connectivity index (χ0v) is 11.4. The number of H-pyrrole nitrogens is 1. The Morgan fingerprint density at radius 3 is 2.79 bits per heavy atom. The number of aromatic amines is 1. The van der Waals surface area contributed by atoms with Gasteiger partial charge in [-0.15, -0.1) is 0 Å². The molecule has 1 saturated heterocycles. The van der Waals surface area contributed by atoms with Gasteiger partial charge in [0.2, 0.25) is 0 Å². The van der Waals surface area contributed by atoms with Crippen LogP contribution >= 0.6 is 0 Å². The van der Waals surface area contributed by atoms with E-state index in [1.165, 1.54) is 26.5 Å². The van der Waals surface area contributed by atoms with Crippen LogP contribution in [0.1, 0.15) is 47.8 Å². The van der Waals surface area contributed by atoms with E-state index in [0.717, 1.165) is 37.5 Å². The molecule has 1 aromatic heterocycles. The predicted octanol–water partition coefficient (Wildman–Crippen LogP) is 1.79. The van der Waals surface area contributed by atoms with E-state index in [9.17, 15) is 4.79 Å². The lowest BCUT2D eigenvalue weighted by atomic mass is 9.93. The summed E-state index contributed by atoms with van der Waals surface area (Å²) < 4.78 is 4.68. The molecule has 0 atom stereocenters. The number of carbonyl (C=O) groups is 1. The highest BCUT2D eigenvalue weighted by Crippen LogP contribution is 2.33. The first kappa shape index (κ1) is 12.7. The number of likely N-dealkylation sites (tertiary alicyclic amines) is 1. The normalized spacial score (nSPS) is 21.5. The highest BCUT2D eigenvalue weighted by atomic mass is 16.5. The van der Waals surface area contributed by atoms with Crippen LogP contribution in [-0.2, 0) is 4.74 Å². The van der Waals surface area contributed by atoms with Gasteiger partial charge in [0.1, 0.15) is 0 Å². The van der Waals surface area contributed by atoms with Crippen LogP contribution in [-0.4, -0.2) is 47.8 Å². The van der Waals surface area contributed by atoms with Gasteiger partial charge in [0.05, 0.1) is 7.11 Å². The Morgan fingerprint density at radius 2 is 2.16 bits per heavy atom. The zero-order chi connectivity index (χ0) is 13.2. The number of piperidine rings is 1. The Morgan fingerprint density at radius 1 is 1.42 bits per heavy atom. The van der Waals surface area contributed by atoms with Gasteiger partial charge >= 0.3 is 5.97 Å². The van der Waals surface area contributed by atoms with Crippen molar-refractivity contribution >= 4 is 5.97 Å². The van der Waals surface area contributed by atoms with Gasteiger partial charge in [-0.05, 0) is 50.8 Å². The van der Waals surface area contributed by atoms with E-state index in [-0.39, 0.29) is 5.97 Å². The van der Waals surface area contributed by atoms with Crippen LogP contribution in [0.4, 0.5) is 0 Å². The quantitative estimate of drug-likeness (QED) is 0.841. The minimum Gasteiger partial charge on any atom is -0.464 e. The number of rotatable bonds is 4. The SMILES string of the molecule is COC(=O)c1cc(C2CCN(CC3CC3)CC2)[nH]n1. The second-order valence-corrected chi connectivity index (χ2v) is 5.72. The van der Waals surface area contributed by atoms with Crippen molar-refractivity contribution in [3.8, 4) is 0 Å². The smallest absolute Gasteiger partial charge is 0.358 e. The van der Waals surface area contributed by atoms with Crippen LogP contribution in [0.2, 0.25) is 0 Å². The number of hydrogen-bond acceptors (Lipinski definition) is 4. The summed E-state index contributed by atoms with van der Waals surface area (Å²) in [6.07, 6.45) is 5.14. The number of ether oxygens (including phenoxy) is 1. The fourth-order valence-corrected chi connectivity index (χ4v) is 2.85. The number of methoxy groups -OCH3 is 1. The predicted molar refractivity (Wildman–Crippen MR) is 71.1 cm³/mol. The van der Waals surface area contributed by atoms with Crippen molar-refractivity contribution in [1.29, 1.82) is 0 Å². The summed E-state index contributed by atoms with van der Waals surface area (Å²) in [5.74, 6) is 1.10. The molecule has 104 valence electrons. The van der Waals surface area contributed by atoms with E-state index in [4.69, 9.17) is 0 Å². The fourth-order valence-electron chi connectivity index (χ4n) is 2.85. The van der Waals surface area contributed by atoms with E-state index in [1.54, 1.807) is 0 Å². The second kappa shape index (κ2) is 5.33. The number of hydrogen-bond donors (Lipinski definition) is 1. The van der Waals surface area contributed by atoms with E-state index in [0.29, 0.717) is 11.6 Å². The van der Waals surface area contributed by atoms with Gasteiger partial charge in [-0.3, -0.25) is 5.10 Å². The summed E-state index contributed by atoms with van der Waals surface area (Å²) in [6.45, 7) is 3.60. The number of carbonyl (C=O) groups excluding carboxylic acids is 1. The number of esters is 1. The summed E-state index contributed by atoms with van der Waals surface area (Å²) in [5.41, 5.74) is 1.46. The number of nitrogens with one attached hydrogen (secondary N) is 1. The highest BCUT2D eigenvalue weighted by molar-refractivity contribution is 5.87. The third kappa shape index (κ3) is 2.97. The molecule has 0 bridgehead atoms. The molecule has 0 spiro atoms. The van der Waals surface area contributed by atoms with Gasteiger partial charge in [0, 0.05) is 18.2 Å². The molecule has 1 aliphatic carbocycles. The van der Waals surface area contributed by atoms with Gasteiger partial charge in [-0.25, -0.2) is 4.79 Å². The molecule has 3 rings (SSSR count). The molecular formula is C14H21N3O2. The van der Waals surface area contributed by atoms with E-state index < -0.39 is 0 Å². The highest BCUT2D eigenvalue weighted by Gasteiger charge is 2.28. The first-order chi connectivity index (χ1) is 9.26. The van der Waals surface area contributed by atoms with Gasteiger partial charge in [0.15, 0.2) is 5.69 Å². The van der Waals surface area contributed by atoms with E-state index >= 15 is 0 Å². The Bertz CT molecular complexity index is 445. The zero-order valence-electron chi connectivity index (χ0n) is 11.4. The minimum atomic E-state index is -0.367. The monoisotopic (exact) mass is 263 g/mol. The van der Waals surface area contributed by atoms with Crippen molar-refractivity contribution in [3.63, 3.8) is 0 Å². The van der Waals surface area contributed by atoms with Gasteiger partial charge in [0.25, 0.3) is 0 Å². The van der Waals surface area contributed by atoms with Crippen LogP contribution in [0.15, 0.2) is 6.07 Å². The number of aromatic nitrogens is 2. The van der Waals surface area contributed by atoms with Crippen molar-refractivity contribution in [2.45, 2.75) is 31.6 Å². The van der Waals surface area contributed by atoms with Crippen molar-refractivity contribution < 1.29 is 9.53 Å². The molecule has 0 unspecified atom stereocenters. The summed E-state index contributed by atoms with van der Waals surface area (Å²) in [4.78, 5) is 14.0. The molecule has 0 aromatic carbocycles. The molecule has 5 nitrogen and oxygen atoms in total. The third-order valence-electron chi connectivity index (χ3n) is 4.23. The fraction of sp³-hybridized carbons (Fsp3) is 0.714. The summed E-state index contributed by atoms with van der Waals surface area (Å²) >= 11 is 0. The standard InChI is InChI=1S/C14H21N3O2/c1-19-14(18)13-8-12(15-16-13)11-4-6-17(7-5-11)9-10-2-3-10/h8,10-11H,2-7,9H2,1H3,(H,15,16). The molecule has 2 fully saturated rings. The molecule has 0 amide bonds. The molecule has 5 heteroatoms. The van der Waals surface area contributed by atoms with Crippen LogP contribution in [0.3, 0.4) is 0 Å². The van der Waals surface area contributed by atoms with Crippen LogP contribution in [0.25, 0.3) is 0 Å². The first-order valence-corrected chi connectivity index (χ1v) is 7.12. The first-order valence-electron chi connectivity index (χ1n) is 7.12. The molecule has 2 heterocycles. The van der Waals surface area contributed by atoms with E-state index in [1.807, 2.05) is 6.07 Å². The van der Waals surface area contributed by atoms with Crippen molar-refractivity contribution in [2.75, 3.05) is 26.7 Å². The Kier molecular flexibility index (Phi) is 3.55. The lowest BCUT2D eigenvalue weighted by Gasteiger charge is -2.31. The molecule has 19 heavy (non-hydrogen) atoms. The van der Waals surface area contributed by atoms with Gasteiger partial charge in [-0.1, -0.05) is 0 Å². The average Bonchev–Trinajstić information content (AvgIpc) is 3.12. The van der Waals surface area contributed by atoms with Crippen molar-refractivity contribution in [3.05, 3.63) is 17.5 Å². The van der Waals surface area contributed by atoms with Crippen LogP contribution in [0, 0.1) is 5.92 Å². The molecular weight excluding hydrogens is 242 g/mol. The molecule has 1 N–H and O–H groups in total. The molecule has 2 aliphatic rings. The lowest BCUT2D eigenvalue weighted by Crippen LogP contribution is -2.34. The minimum absolute atomic E-state index is 0.367. The molecule has 1 aromatic rings. The summed E-state index contributed by atoms with van der Waals surface area (Å²) in [5, 5.41) is 7.02. The molecule has 1 saturated carbocycles. The molecule has 0 radical (unpaired) electrons. The maximum Gasteiger partial charge on any atom is 0.358 e. The maximum absolute atomic E-state index is 11.4. The topological polar surface area (TPSA) is 58.2 Å².